The highest BCUT2D eigenvalue weighted by atomic mass is 31.1. The summed E-state index contributed by atoms with van der Waals surface area (Å²) in [6.45, 7) is 12.6. The van der Waals surface area contributed by atoms with Gasteiger partial charge in [-0.2, -0.15) is 0 Å². The minimum absolute atomic E-state index is 0.116. The highest BCUT2D eigenvalue weighted by molar-refractivity contribution is 7.69. The van der Waals surface area contributed by atoms with Gasteiger partial charge < -0.3 is 0 Å². The zero-order valence-corrected chi connectivity index (χ0v) is 13.0. The summed E-state index contributed by atoms with van der Waals surface area (Å²) in [6, 6.07) is 11.2. The minimum atomic E-state index is -0.958. The molecule has 0 bridgehead atoms. The van der Waals surface area contributed by atoms with Crippen molar-refractivity contribution in [2.24, 2.45) is 0 Å². The summed E-state index contributed by atoms with van der Waals surface area (Å²) in [4.78, 5) is 0. The van der Waals surface area contributed by atoms with Crippen LogP contribution in [0.4, 0.5) is 0 Å². The second kappa shape index (κ2) is 4.27. The largest absolute Gasteiger partial charge is 0.0695 e. The summed E-state index contributed by atoms with van der Waals surface area (Å²) in [7, 11) is -0.843. The lowest BCUT2D eigenvalue weighted by atomic mass is 10.2. The van der Waals surface area contributed by atoms with E-state index in [1.54, 1.807) is 5.30 Å². The Balaban J connectivity index is 2.18. The fourth-order valence-electron chi connectivity index (χ4n) is 3.54. The van der Waals surface area contributed by atoms with Gasteiger partial charge >= 0.3 is 0 Å². The molecular formula is C14H23PSi. The Morgan fingerprint density at radius 3 is 1.88 bits per heavy atom. The Morgan fingerprint density at radius 1 is 0.938 bits per heavy atom. The van der Waals surface area contributed by atoms with E-state index in [1.165, 1.54) is 0 Å². The van der Waals surface area contributed by atoms with Crippen LogP contribution in [0, 0.1) is 0 Å². The van der Waals surface area contributed by atoms with Crippen molar-refractivity contribution in [2.45, 2.75) is 50.3 Å². The third-order valence-corrected chi connectivity index (χ3v) is 10.8. The van der Waals surface area contributed by atoms with E-state index in [4.69, 9.17) is 0 Å². The number of benzene rings is 1. The van der Waals surface area contributed by atoms with E-state index in [9.17, 15) is 0 Å². The molecule has 0 saturated carbocycles. The molecule has 0 aromatic heterocycles. The maximum atomic E-state index is 2.53. The predicted octanol–water partition coefficient (Wildman–Crippen LogP) is 4.29. The first kappa shape index (κ1) is 12.3. The zero-order valence-electron chi connectivity index (χ0n) is 11.1. The van der Waals surface area contributed by atoms with Crippen LogP contribution < -0.4 is 5.30 Å². The molecule has 1 aromatic rings. The molecule has 1 aliphatic heterocycles. The summed E-state index contributed by atoms with van der Waals surface area (Å²) in [6.07, 6.45) is 0. The van der Waals surface area contributed by atoms with Crippen LogP contribution >= 0.6 is 7.92 Å². The van der Waals surface area contributed by atoms with E-state index in [0.29, 0.717) is 0 Å². The van der Waals surface area contributed by atoms with Crippen LogP contribution in [0.1, 0.15) is 13.8 Å². The van der Waals surface area contributed by atoms with E-state index in [-0.39, 0.29) is 7.92 Å². The fraction of sp³-hybridized carbons (Fsp3) is 0.571. The molecule has 1 heterocycles. The molecule has 2 atom stereocenters. The van der Waals surface area contributed by atoms with E-state index < -0.39 is 8.07 Å². The van der Waals surface area contributed by atoms with Crippen LogP contribution in [0.3, 0.4) is 0 Å². The maximum absolute atomic E-state index is 2.53. The third kappa shape index (κ3) is 2.00. The summed E-state index contributed by atoms with van der Waals surface area (Å²) >= 11 is 0. The highest BCUT2D eigenvalue weighted by Crippen LogP contribution is 2.67. The van der Waals surface area contributed by atoms with Gasteiger partial charge in [-0.05, 0) is 22.2 Å². The SMILES string of the molecule is CC1C([Si](C)(C)C)C(C)P1c1ccccc1. The Morgan fingerprint density at radius 2 is 1.44 bits per heavy atom. The van der Waals surface area contributed by atoms with E-state index in [2.05, 4.69) is 63.8 Å². The van der Waals surface area contributed by atoms with Gasteiger partial charge in [0.25, 0.3) is 0 Å². The average Bonchev–Trinajstić information content (AvgIpc) is 2.17. The summed E-state index contributed by atoms with van der Waals surface area (Å²) < 4.78 is 0. The van der Waals surface area contributed by atoms with Crippen molar-refractivity contribution >= 4 is 21.3 Å². The van der Waals surface area contributed by atoms with Crippen molar-refractivity contribution in [3.8, 4) is 0 Å². The van der Waals surface area contributed by atoms with Crippen molar-refractivity contribution in [1.82, 2.24) is 0 Å². The van der Waals surface area contributed by atoms with Gasteiger partial charge in [-0.1, -0.05) is 71.7 Å². The average molecular weight is 250 g/mol. The van der Waals surface area contributed by atoms with Crippen molar-refractivity contribution < 1.29 is 0 Å². The molecule has 2 rings (SSSR count). The molecule has 0 N–H and O–H groups in total. The molecule has 16 heavy (non-hydrogen) atoms. The molecule has 1 aromatic carbocycles. The smallest absolute Gasteiger partial charge is 0.0487 e. The van der Waals surface area contributed by atoms with Gasteiger partial charge in [0.1, 0.15) is 0 Å². The first-order chi connectivity index (χ1) is 7.43. The van der Waals surface area contributed by atoms with Crippen molar-refractivity contribution in [3.63, 3.8) is 0 Å². The van der Waals surface area contributed by atoms with Crippen LogP contribution in [0.25, 0.3) is 0 Å². The van der Waals surface area contributed by atoms with E-state index >= 15 is 0 Å². The molecule has 0 amide bonds. The topological polar surface area (TPSA) is 0 Å². The van der Waals surface area contributed by atoms with Crippen LogP contribution in [-0.2, 0) is 0 Å². The molecule has 2 unspecified atom stereocenters. The van der Waals surface area contributed by atoms with Crippen molar-refractivity contribution in [1.29, 1.82) is 0 Å². The van der Waals surface area contributed by atoms with Gasteiger partial charge in [-0.3, -0.25) is 0 Å². The first-order valence-electron chi connectivity index (χ1n) is 6.26. The lowest BCUT2D eigenvalue weighted by molar-refractivity contribution is 0.686. The van der Waals surface area contributed by atoms with Crippen molar-refractivity contribution in [3.05, 3.63) is 30.3 Å². The molecule has 88 valence electrons. The molecular weight excluding hydrogens is 227 g/mol. The lowest BCUT2D eigenvalue weighted by Gasteiger charge is -2.55. The van der Waals surface area contributed by atoms with Crippen LogP contribution in [0.15, 0.2) is 30.3 Å². The van der Waals surface area contributed by atoms with Gasteiger partial charge in [0.2, 0.25) is 0 Å². The van der Waals surface area contributed by atoms with Gasteiger partial charge in [-0.15, -0.1) is 0 Å². The standard InChI is InChI=1S/C14H23PSi/c1-11-14(16(3,4)5)12(2)15(11)13-9-7-6-8-10-13/h6-12,14H,1-5H3. The van der Waals surface area contributed by atoms with Crippen LogP contribution in [-0.4, -0.2) is 19.4 Å². The van der Waals surface area contributed by atoms with Crippen LogP contribution in [0.2, 0.25) is 25.2 Å². The molecule has 0 spiro atoms. The number of hydrogen-bond donors (Lipinski definition) is 0. The lowest BCUT2D eigenvalue weighted by Crippen LogP contribution is -2.50. The molecule has 0 radical (unpaired) electrons. The predicted molar refractivity (Wildman–Crippen MR) is 79.0 cm³/mol. The molecule has 0 nitrogen and oxygen atoms in total. The summed E-state index contributed by atoms with van der Waals surface area (Å²) in [5.74, 6) is 0. The number of rotatable bonds is 2. The normalized spacial score (nSPS) is 34.6. The first-order valence-corrected chi connectivity index (χ1v) is 11.3. The van der Waals surface area contributed by atoms with Gasteiger partial charge in [0.05, 0.1) is 0 Å². The van der Waals surface area contributed by atoms with E-state index in [1.807, 2.05) is 0 Å². The quantitative estimate of drug-likeness (QED) is 0.542. The van der Waals surface area contributed by atoms with Crippen molar-refractivity contribution in [2.75, 3.05) is 0 Å². The van der Waals surface area contributed by atoms with E-state index in [0.717, 1.165) is 16.9 Å². The monoisotopic (exact) mass is 250 g/mol. The third-order valence-electron chi connectivity index (χ3n) is 3.97. The van der Waals surface area contributed by atoms with Gasteiger partial charge in [0.15, 0.2) is 0 Å². The van der Waals surface area contributed by atoms with Crippen LogP contribution in [0.5, 0.6) is 0 Å². The fourth-order valence-corrected chi connectivity index (χ4v) is 13.2. The Kier molecular flexibility index (Phi) is 3.29. The Bertz CT molecular complexity index is 345. The molecule has 1 saturated heterocycles. The molecule has 0 aliphatic carbocycles. The Hall–Kier alpha value is -0.133. The second-order valence-corrected chi connectivity index (χ2v) is 14.5. The zero-order chi connectivity index (χ0) is 11.9. The van der Waals surface area contributed by atoms with Gasteiger partial charge in [0, 0.05) is 8.07 Å². The maximum Gasteiger partial charge on any atom is 0.0487 e. The minimum Gasteiger partial charge on any atom is -0.0695 e. The summed E-state index contributed by atoms with van der Waals surface area (Å²) in [5.41, 5.74) is 2.91. The highest BCUT2D eigenvalue weighted by Gasteiger charge is 2.50. The molecule has 1 fully saturated rings. The summed E-state index contributed by atoms with van der Waals surface area (Å²) in [5, 5.41) is 1.62. The molecule has 2 heteroatoms. The second-order valence-electron chi connectivity index (χ2n) is 6.12. The Labute approximate surface area is 102 Å². The number of hydrogen-bond acceptors (Lipinski definition) is 0. The molecule has 1 aliphatic rings. The van der Waals surface area contributed by atoms with Gasteiger partial charge in [-0.25, -0.2) is 0 Å².